The summed E-state index contributed by atoms with van der Waals surface area (Å²) in [7, 11) is 0. The van der Waals surface area contributed by atoms with Crippen LogP contribution in [-0.2, 0) is 14.4 Å². The maximum atomic E-state index is 13.5. The third-order valence-corrected chi connectivity index (χ3v) is 7.93. The molecule has 1 saturated carbocycles. The van der Waals surface area contributed by atoms with E-state index < -0.39 is 17.6 Å². The largest absolute Gasteiger partial charge is 0.350 e. The number of benzene rings is 3. The molecule has 188 valence electrons. The molecular formula is C28H23BrFN3O3S. The zero-order chi connectivity index (χ0) is 25.9. The summed E-state index contributed by atoms with van der Waals surface area (Å²) in [6, 6.07) is 19.6. The lowest BCUT2D eigenvalue weighted by Crippen LogP contribution is -2.32. The van der Waals surface area contributed by atoms with Gasteiger partial charge in [0.05, 0.1) is 5.69 Å². The average Bonchev–Trinajstić information content (AvgIpc) is 3.51. The zero-order valence-electron chi connectivity index (χ0n) is 19.7. The van der Waals surface area contributed by atoms with Crippen molar-refractivity contribution in [2.45, 2.75) is 30.6 Å². The van der Waals surface area contributed by atoms with Crippen molar-refractivity contribution in [1.29, 1.82) is 0 Å². The fourth-order valence-electron chi connectivity index (χ4n) is 4.37. The molecule has 2 N–H and O–H groups in total. The molecule has 2 aliphatic rings. The number of carbonyl (C=O) groups excluding carboxylic acids is 3. The number of halogens is 2. The van der Waals surface area contributed by atoms with Gasteiger partial charge in [0.2, 0.25) is 5.91 Å². The van der Waals surface area contributed by atoms with E-state index in [2.05, 4.69) is 26.6 Å². The lowest BCUT2D eigenvalue weighted by Gasteiger charge is -2.15. The molecule has 0 unspecified atom stereocenters. The minimum Gasteiger partial charge on any atom is -0.350 e. The highest BCUT2D eigenvalue weighted by atomic mass is 79.9. The highest BCUT2D eigenvalue weighted by Crippen LogP contribution is 2.38. The van der Waals surface area contributed by atoms with E-state index in [9.17, 15) is 18.8 Å². The van der Waals surface area contributed by atoms with Crippen LogP contribution in [0.5, 0.6) is 0 Å². The van der Waals surface area contributed by atoms with E-state index in [0.29, 0.717) is 11.4 Å². The predicted octanol–water partition coefficient (Wildman–Crippen LogP) is 6.71. The Bertz CT molecular complexity index is 1370. The zero-order valence-corrected chi connectivity index (χ0v) is 22.1. The average molecular weight is 580 g/mol. The van der Waals surface area contributed by atoms with E-state index in [1.165, 1.54) is 24.3 Å². The maximum Gasteiger partial charge on any atom is 0.283 e. The number of hydrogen-bond acceptors (Lipinski definition) is 5. The molecule has 9 heteroatoms. The second-order valence-corrected chi connectivity index (χ2v) is 10.9. The highest BCUT2D eigenvalue weighted by Gasteiger charge is 2.40. The third kappa shape index (κ3) is 5.62. The number of amides is 3. The number of carbonyl (C=O) groups is 3. The van der Waals surface area contributed by atoms with Crippen molar-refractivity contribution in [2.75, 3.05) is 15.5 Å². The van der Waals surface area contributed by atoms with Crippen molar-refractivity contribution < 1.29 is 18.8 Å². The molecule has 3 aromatic rings. The quantitative estimate of drug-likeness (QED) is 0.304. The highest BCUT2D eigenvalue weighted by molar-refractivity contribution is 9.10. The third-order valence-electron chi connectivity index (χ3n) is 6.31. The van der Waals surface area contributed by atoms with Gasteiger partial charge in [0.1, 0.15) is 16.4 Å². The molecule has 0 radical (unpaired) electrons. The van der Waals surface area contributed by atoms with Crippen LogP contribution < -0.4 is 15.5 Å². The van der Waals surface area contributed by atoms with Gasteiger partial charge in [-0.2, -0.15) is 0 Å². The molecule has 1 fully saturated rings. The molecular weight excluding hydrogens is 557 g/mol. The van der Waals surface area contributed by atoms with Gasteiger partial charge in [-0.05, 0) is 85.6 Å². The molecule has 1 aliphatic carbocycles. The molecule has 0 saturated heterocycles. The summed E-state index contributed by atoms with van der Waals surface area (Å²) in [6.45, 7) is 0. The first-order valence-electron chi connectivity index (χ1n) is 11.9. The molecule has 5 rings (SSSR count). The Morgan fingerprint density at radius 3 is 2.14 bits per heavy atom. The number of nitrogens with zero attached hydrogens (tertiary/aromatic N) is 1. The maximum absolute atomic E-state index is 13.5. The molecule has 6 nitrogen and oxygen atoms in total. The minimum absolute atomic E-state index is 0.0353. The van der Waals surface area contributed by atoms with E-state index in [0.717, 1.165) is 51.7 Å². The van der Waals surface area contributed by atoms with Crippen LogP contribution in [0.15, 0.2) is 92.8 Å². The van der Waals surface area contributed by atoms with Crippen LogP contribution in [0.2, 0.25) is 0 Å². The SMILES string of the molecule is O=C(Nc1ccc(SC2=C(Nc3ccc(Br)cc3)C(=O)N(c3ccc(F)cc3)C2=O)cc1)C1CCCC1. The first-order chi connectivity index (χ1) is 17.9. The molecule has 3 aromatic carbocycles. The monoisotopic (exact) mass is 579 g/mol. The van der Waals surface area contributed by atoms with Crippen LogP contribution in [-0.4, -0.2) is 17.7 Å². The van der Waals surface area contributed by atoms with Crippen LogP contribution in [0.25, 0.3) is 0 Å². The normalized spacial score (nSPS) is 16.0. The standard InChI is InChI=1S/C28H23BrFN3O3S/c29-18-5-9-20(10-6-18)31-24-25(28(36)33(27(24)35)22-13-7-19(30)8-14-22)37-23-15-11-21(12-16-23)32-26(34)17-3-1-2-4-17/h5-17,31H,1-4H2,(H,32,34). The summed E-state index contributed by atoms with van der Waals surface area (Å²) >= 11 is 4.55. The fourth-order valence-corrected chi connectivity index (χ4v) is 5.56. The van der Waals surface area contributed by atoms with Crippen molar-refractivity contribution >= 4 is 62.5 Å². The van der Waals surface area contributed by atoms with Crippen LogP contribution in [0.4, 0.5) is 21.5 Å². The van der Waals surface area contributed by atoms with Crippen LogP contribution in [0.1, 0.15) is 25.7 Å². The number of nitrogens with one attached hydrogen (secondary N) is 2. The summed E-state index contributed by atoms with van der Waals surface area (Å²) in [5.41, 5.74) is 1.75. The Labute approximate surface area is 226 Å². The summed E-state index contributed by atoms with van der Waals surface area (Å²) < 4.78 is 14.4. The second kappa shape index (κ2) is 10.9. The number of anilines is 3. The summed E-state index contributed by atoms with van der Waals surface area (Å²) in [5.74, 6) is -1.39. The smallest absolute Gasteiger partial charge is 0.283 e. The van der Waals surface area contributed by atoms with Gasteiger partial charge in [-0.25, -0.2) is 9.29 Å². The lowest BCUT2D eigenvalue weighted by atomic mass is 10.1. The Morgan fingerprint density at radius 1 is 0.865 bits per heavy atom. The number of rotatable bonds is 7. The van der Waals surface area contributed by atoms with Crippen molar-refractivity contribution in [3.05, 3.63) is 93.7 Å². The van der Waals surface area contributed by atoms with Gasteiger partial charge in [-0.3, -0.25) is 14.4 Å². The topological polar surface area (TPSA) is 78.5 Å². The molecule has 1 heterocycles. The molecule has 0 atom stereocenters. The van der Waals surface area contributed by atoms with E-state index in [1.807, 2.05) is 12.1 Å². The summed E-state index contributed by atoms with van der Waals surface area (Å²) in [5, 5.41) is 6.06. The van der Waals surface area contributed by atoms with E-state index in [1.54, 1.807) is 36.4 Å². The molecule has 1 aliphatic heterocycles. The Balaban J connectivity index is 1.40. The number of hydrogen-bond donors (Lipinski definition) is 2. The lowest BCUT2D eigenvalue weighted by molar-refractivity contribution is -0.121. The first kappa shape index (κ1) is 25.2. The van der Waals surface area contributed by atoms with Crippen molar-refractivity contribution in [3.8, 4) is 0 Å². The number of imide groups is 1. The fraction of sp³-hybridized carbons (Fsp3) is 0.179. The van der Waals surface area contributed by atoms with Gasteiger partial charge < -0.3 is 10.6 Å². The van der Waals surface area contributed by atoms with Crippen LogP contribution >= 0.6 is 27.7 Å². The van der Waals surface area contributed by atoms with Crippen LogP contribution in [0, 0.1) is 11.7 Å². The first-order valence-corrected chi connectivity index (χ1v) is 13.5. The second-order valence-electron chi connectivity index (χ2n) is 8.86. The Hall–Kier alpha value is -3.43. The van der Waals surface area contributed by atoms with Gasteiger partial charge in [0.15, 0.2) is 0 Å². The van der Waals surface area contributed by atoms with E-state index >= 15 is 0 Å². The van der Waals surface area contributed by atoms with Crippen molar-refractivity contribution in [1.82, 2.24) is 0 Å². The molecule has 0 aromatic heterocycles. The van der Waals surface area contributed by atoms with Gasteiger partial charge >= 0.3 is 0 Å². The van der Waals surface area contributed by atoms with Gasteiger partial charge in [0, 0.05) is 26.7 Å². The molecule has 37 heavy (non-hydrogen) atoms. The van der Waals surface area contributed by atoms with Gasteiger partial charge in [-0.15, -0.1) is 0 Å². The van der Waals surface area contributed by atoms with E-state index in [4.69, 9.17) is 0 Å². The predicted molar refractivity (Wildman–Crippen MR) is 147 cm³/mol. The number of thioether (sulfide) groups is 1. The molecule has 0 spiro atoms. The molecule has 3 amide bonds. The Morgan fingerprint density at radius 2 is 1.49 bits per heavy atom. The van der Waals surface area contributed by atoms with Crippen molar-refractivity contribution in [2.24, 2.45) is 5.92 Å². The summed E-state index contributed by atoms with van der Waals surface area (Å²) in [4.78, 5) is 41.3. The van der Waals surface area contributed by atoms with Crippen molar-refractivity contribution in [3.63, 3.8) is 0 Å². The van der Waals surface area contributed by atoms with Gasteiger partial charge in [0.25, 0.3) is 11.8 Å². The van der Waals surface area contributed by atoms with E-state index in [-0.39, 0.29) is 28.1 Å². The Kier molecular flexibility index (Phi) is 7.43. The van der Waals surface area contributed by atoms with Crippen LogP contribution in [0.3, 0.4) is 0 Å². The summed E-state index contributed by atoms with van der Waals surface area (Å²) in [6.07, 6.45) is 4.01. The molecule has 0 bridgehead atoms. The van der Waals surface area contributed by atoms with Gasteiger partial charge in [-0.1, -0.05) is 40.5 Å². The minimum atomic E-state index is -0.525.